The van der Waals surface area contributed by atoms with Gasteiger partial charge in [0, 0.05) is 4.88 Å². The third-order valence-electron chi connectivity index (χ3n) is 4.57. The van der Waals surface area contributed by atoms with Crippen molar-refractivity contribution in [3.05, 3.63) is 58.2 Å². The Morgan fingerprint density at radius 3 is 2.56 bits per heavy atom. The number of carbonyl (C=O) groups is 1. The molecular weight excluding hydrogens is 380 g/mol. The maximum Gasteiger partial charge on any atom is 0.267 e. The molecule has 1 N–H and O–H groups in total. The van der Waals surface area contributed by atoms with Crippen LogP contribution >= 0.6 is 22.7 Å². The van der Waals surface area contributed by atoms with Crippen molar-refractivity contribution in [3.63, 3.8) is 0 Å². The van der Waals surface area contributed by atoms with Crippen LogP contribution in [0.4, 0.5) is 5.13 Å². The first-order chi connectivity index (χ1) is 13.3. The number of hydrogen-bond acceptors (Lipinski definition) is 6. The van der Waals surface area contributed by atoms with Gasteiger partial charge in [-0.05, 0) is 61.6 Å². The molecule has 1 aliphatic rings. The van der Waals surface area contributed by atoms with Crippen molar-refractivity contribution in [2.75, 3.05) is 5.32 Å². The minimum atomic E-state index is -0.111. The van der Waals surface area contributed by atoms with Crippen LogP contribution in [0.1, 0.15) is 33.0 Å². The number of rotatable bonds is 4. The van der Waals surface area contributed by atoms with Gasteiger partial charge in [-0.3, -0.25) is 10.1 Å². The highest BCUT2D eigenvalue weighted by Gasteiger charge is 2.22. The van der Waals surface area contributed by atoms with Gasteiger partial charge in [0.15, 0.2) is 10.9 Å². The van der Waals surface area contributed by atoms with Crippen LogP contribution in [0.25, 0.3) is 22.1 Å². The fraction of sp³-hybridized carbons (Fsp3) is 0.200. The average Bonchev–Trinajstić information content (AvgIpc) is 3.47. The summed E-state index contributed by atoms with van der Waals surface area (Å²) >= 11 is 2.98. The molecule has 0 unspecified atom stereocenters. The number of anilines is 1. The number of amides is 1. The molecule has 0 aliphatic heterocycles. The van der Waals surface area contributed by atoms with Crippen molar-refractivity contribution in [3.8, 4) is 22.1 Å². The summed E-state index contributed by atoms with van der Waals surface area (Å²) in [7, 11) is 0. The lowest BCUT2D eigenvalue weighted by atomic mass is 9.99. The van der Waals surface area contributed by atoms with Crippen molar-refractivity contribution in [1.29, 1.82) is 0 Å². The third-order valence-corrected chi connectivity index (χ3v) is 6.79. The Kier molecular flexibility index (Phi) is 4.18. The highest BCUT2D eigenvalue weighted by atomic mass is 32.1. The lowest BCUT2D eigenvalue weighted by Gasteiger charge is -2.08. The molecule has 0 bridgehead atoms. The molecular formula is C20H16N2O3S2. The third kappa shape index (κ3) is 3.13. The zero-order valence-electron chi connectivity index (χ0n) is 14.4. The highest BCUT2D eigenvalue weighted by molar-refractivity contribution is 7.19. The molecule has 0 fully saturated rings. The van der Waals surface area contributed by atoms with E-state index >= 15 is 0 Å². The Labute approximate surface area is 163 Å². The Bertz CT molecular complexity index is 1000. The van der Waals surface area contributed by atoms with Gasteiger partial charge >= 0.3 is 0 Å². The molecule has 4 heterocycles. The number of carbonyl (C=O) groups excluding carboxylic acids is 1. The molecule has 7 heteroatoms. The molecule has 5 rings (SSSR count). The number of thiophene rings is 1. The predicted molar refractivity (Wildman–Crippen MR) is 106 cm³/mol. The van der Waals surface area contributed by atoms with E-state index in [1.54, 1.807) is 23.9 Å². The Morgan fingerprint density at radius 2 is 1.81 bits per heavy atom. The minimum absolute atomic E-state index is 0.111. The van der Waals surface area contributed by atoms with Crippen LogP contribution < -0.4 is 5.32 Å². The summed E-state index contributed by atoms with van der Waals surface area (Å²) < 4.78 is 11.0. The Morgan fingerprint density at radius 1 is 1.04 bits per heavy atom. The second kappa shape index (κ2) is 6.83. The van der Waals surface area contributed by atoms with E-state index in [1.807, 2.05) is 30.3 Å². The fourth-order valence-electron chi connectivity index (χ4n) is 3.29. The molecule has 4 aromatic rings. The van der Waals surface area contributed by atoms with Crippen molar-refractivity contribution < 1.29 is 13.6 Å². The fourth-order valence-corrected chi connectivity index (χ4v) is 5.37. The number of aromatic nitrogens is 1. The van der Waals surface area contributed by atoms with E-state index < -0.39 is 0 Å². The van der Waals surface area contributed by atoms with Crippen LogP contribution in [-0.4, -0.2) is 10.9 Å². The van der Waals surface area contributed by atoms with Crippen molar-refractivity contribution in [2.45, 2.75) is 25.7 Å². The molecule has 0 radical (unpaired) electrons. The molecule has 0 saturated heterocycles. The average molecular weight is 396 g/mol. The maximum atomic E-state index is 12.7. The van der Waals surface area contributed by atoms with E-state index in [4.69, 9.17) is 8.83 Å². The van der Waals surface area contributed by atoms with Gasteiger partial charge in [0.25, 0.3) is 5.91 Å². The number of fused-ring (bicyclic) bond motifs is 1. The van der Waals surface area contributed by atoms with Gasteiger partial charge in [-0.2, -0.15) is 0 Å². The molecule has 0 saturated carbocycles. The number of nitrogens with one attached hydrogen (secondary N) is 1. The second-order valence-corrected chi connectivity index (χ2v) is 8.51. The summed E-state index contributed by atoms with van der Waals surface area (Å²) in [5, 5.41) is 3.48. The molecule has 136 valence electrons. The second-order valence-electron chi connectivity index (χ2n) is 6.37. The number of hydrogen-bond donors (Lipinski definition) is 1. The lowest BCUT2D eigenvalue weighted by Crippen LogP contribution is -2.09. The first-order valence-corrected chi connectivity index (χ1v) is 10.4. The van der Waals surface area contributed by atoms with Crippen LogP contribution in [-0.2, 0) is 12.8 Å². The first kappa shape index (κ1) is 16.5. The topological polar surface area (TPSA) is 68.3 Å². The van der Waals surface area contributed by atoms with Crippen LogP contribution in [0.2, 0.25) is 0 Å². The molecule has 1 amide bonds. The normalized spacial score (nSPS) is 13.5. The van der Waals surface area contributed by atoms with Crippen LogP contribution in [0.3, 0.4) is 0 Å². The van der Waals surface area contributed by atoms with Crippen molar-refractivity contribution in [1.82, 2.24) is 4.98 Å². The molecule has 0 aromatic carbocycles. The van der Waals surface area contributed by atoms with E-state index in [0.29, 0.717) is 22.3 Å². The van der Waals surface area contributed by atoms with Gasteiger partial charge in [-0.25, -0.2) is 4.98 Å². The largest absolute Gasteiger partial charge is 0.463 e. The van der Waals surface area contributed by atoms with Gasteiger partial charge in [0.1, 0.15) is 16.3 Å². The monoisotopic (exact) mass is 396 g/mol. The molecule has 1 aliphatic carbocycles. The summed E-state index contributed by atoms with van der Waals surface area (Å²) in [6.07, 6.45) is 7.79. The lowest BCUT2D eigenvalue weighted by molar-refractivity contribution is 0.103. The molecule has 0 spiro atoms. The van der Waals surface area contributed by atoms with Gasteiger partial charge in [-0.1, -0.05) is 11.3 Å². The standard InChI is InChI=1S/C20H16N2O3S2/c23-19(16-11-12-5-1-2-8-15(12)26-16)22-20-21-17(13-6-3-9-24-13)18(27-20)14-7-4-10-25-14/h3-4,6-7,9-11H,1-2,5,8H2,(H,21,22,23). The zero-order chi connectivity index (χ0) is 18.2. The minimum Gasteiger partial charge on any atom is -0.463 e. The van der Waals surface area contributed by atoms with E-state index in [-0.39, 0.29) is 5.91 Å². The van der Waals surface area contributed by atoms with Crippen molar-refractivity contribution in [2.24, 2.45) is 0 Å². The summed E-state index contributed by atoms with van der Waals surface area (Å²) in [6.45, 7) is 0. The molecule has 0 atom stereocenters. The quantitative estimate of drug-likeness (QED) is 0.469. The zero-order valence-corrected chi connectivity index (χ0v) is 16.0. The first-order valence-electron chi connectivity index (χ1n) is 8.79. The molecule has 27 heavy (non-hydrogen) atoms. The van der Waals surface area contributed by atoms with Crippen LogP contribution in [0, 0.1) is 0 Å². The highest BCUT2D eigenvalue weighted by Crippen LogP contribution is 2.39. The van der Waals surface area contributed by atoms with Gasteiger partial charge < -0.3 is 8.83 Å². The Hall–Kier alpha value is -2.64. The van der Waals surface area contributed by atoms with E-state index in [0.717, 1.165) is 22.6 Å². The number of nitrogens with zero attached hydrogens (tertiary/aromatic N) is 1. The number of thiazole rings is 1. The SMILES string of the molecule is O=C(Nc1nc(-c2ccco2)c(-c2ccco2)s1)c1cc2c(s1)CCCC2. The van der Waals surface area contributed by atoms with Crippen molar-refractivity contribution >= 4 is 33.7 Å². The van der Waals surface area contributed by atoms with Crippen LogP contribution in [0.5, 0.6) is 0 Å². The van der Waals surface area contributed by atoms with Gasteiger partial charge in [-0.15, -0.1) is 11.3 Å². The molecule has 4 aromatic heterocycles. The van der Waals surface area contributed by atoms with E-state index in [9.17, 15) is 4.79 Å². The predicted octanol–water partition coefficient (Wildman–Crippen LogP) is 5.86. The van der Waals surface area contributed by atoms with Crippen LogP contribution in [0.15, 0.2) is 51.7 Å². The smallest absolute Gasteiger partial charge is 0.267 e. The molecule has 5 nitrogen and oxygen atoms in total. The summed E-state index contributed by atoms with van der Waals surface area (Å²) in [5.41, 5.74) is 1.99. The van der Waals surface area contributed by atoms with Gasteiger partial charge in [0.05, 0.1) is 17.4 Å². The number of aryl methyl sites for hydroxylation is 2. The summed E-state index contributed by atoms with van der Waals surface area (Å²) in [6, 6.07) is 9.40. The summed E-state index contributed by atoms with van der Waals surface area (Å²) in [4.78, 5) is 20.3. The number of furan rings is 2. The van der Waals surface area contributed by atoms with Gasteiger partial charge in [0.2, 0.25) is 0 Å². The van der Waals surface area contributed by atoms with E-state index in [2.05, 4.69) is 10.3 Å². The van der Waals surface area contributed by atoms with E-state index in [1.165, 1.54) is 34.6 Å². The Balaban J connectivity index is 1.46. The summed E-state index contributed by atoms with van der Waals surface area (Å²) in [5.74, 6) is 1.23. The maximum absolute atomic E-state index is 12.7.